The van der Waals surface area contributed by atoms with E-state index >= 15 is 0 Å². The van der Waals surface area contributed by atoms with E-state index in [0.29, 0.717) is 6.42 Å². The van der Waals surface area contributed by atoms with Crippen LogP contribution in [0.5, 0.6) is 0 Å². The van der Waals surface area contributed by atoms with Gasteiger partial charge >= 0.3 is 6.09 Å². The fourth-order valence-electron chi connectivity index (χ4n) is 2.66. The molecular formula is C17H23NO4. The van der Waals surface area contributed by atoms with Crippen LogP contribution < -0.4 is 0 Å². The number of ether oxygens (including phenoxy) is 1. The number of carbonyl (C=O) groups is 2. The Balaban J connectivity index is 2.19. The van der Waals surface area contributed by atoms with E-state index in [-0.39, 0.29) is 25.2 Å². The van der Waals surface area contributed by atoms with Gasteiger partial charge in [0, 0.05) is 0 Å². The quantitative estimate of drug-likeness (QED) is 0.926. The first kappa shape index (κ1) is 16.5. The molecule has 1 aliphatic heterocycles. The topological polar surface area (TPSA) is 66.8 Å². The van der Waals surface area contributed by atoms with E-state index in [2.05, 4.69) is 0 Å². The van der Waals surface area contributed by atoms with Crippen LogP contribution in [0.4, 0.5) is 4.79 Å². The molecule has 0 saturated carbocycles. The Hall–Kier alpha value is -1.88. The number of benzene rings is 1. The van der Waals surface area contributed by atoms with Gasteiger partial charge in [-0.3, -0.25) is 4.79 Å². The highest BCUT2D eigenvalue weighted by Gasteiger charge is 2.43. The van der Waals surface area contributed by atoms with Crippen LogP contribution in [0.3, 0.4) is 0 Å². The molecule has 0 unspecified atom stereocenters. The van der Waals surface area contributed by atoms with Crippen molar-refractivity contribution in [2.75, 3.05) is 13.2 Å². The number of rotatable bonds is 4. The second kappa shape index (κ2) is 6.48. The van der Waals surface area contributed by atoms with Gasteiger partial charge in [0.2, 0.25) is 5.91 Å². The minimum absolute atomic E-state index is 0.196. The maximum absolute atomic E-state index is 12.7. The van der Waals surface area contributed by atoms with Gasteiger partial charge in [0.1, 0.15) is 6.61 Å². The van der Waals surface area contributed by atoms with Crippen LogP contribution in [0.15, 0.2) is 30.3 Å². The first-order valence-electron chi connectivity index (χ1n) is 7.49. The summed E-state index contributed by atoms with van der Waals surface area (Å²) >= 11 is 0. The van der Waals surface area contributed by atoms with Crippen molar-refractivity contribution in [3.8, 4) is 0 Å². The van der Waals surface area contributed by atoms with Crippen molar-refractivity contribution in [1.82, 2.24) is 4.90 Å². The summed E-state index contributed by atoms with van der Waals surface area (Å²) in [5.41, 5.74) is 0.617. The molecule has 2 rings (SSSR count). The number of aliphatic hydroxyl groups is 1. The monoisotopic (exact) mass is 305 g/mol. The molecule has 5 heteroatoms. The summed E-state index contributed by atoms with van der Waals surface area (Å²) in [6, 6.07) is 9.36. The first-order chi connectivity index (χ1) is 10.3. The van der Waals surface area contributed by atoms with Gasteiger partial charge in [0.15, 0.2) is 0 Å². The van der Waals surface area contributed by atoms with E-state index in [9.17, 15) is 14.7 Å². The molecular weight excluding hydrogens is 282 g/mol. The van der Waals surface area contributed by atoms with Gasteiger partial charge in [-0.2, -0.15) is 0 Å². The Morgan fingerprint density at radius 3 is 2.55 bits per heavy atom. The van der Waals surface area contributed by atoms with Crippen LogP contribution in [0.1, 0.15) is 26.3 Å². The predicted octanol–water partition coefficient (Wildman–Crippen LogP) is 2.23. The molecule has 1 fully saturated rings. The third kappa shape index (κ3) is 3.47. The van der Waals surface area contributed by atoms with E-state index in [1.165, 1.54) is 4.90 Å². The van der Waals surface area contributed by atoms with E-state index in [4.69, 9.17) is 4.74 Å². The van der Waals surface area contributed by atoms with Crippen molar-refractivity contribution in [1.29, 1.82) is 0 Å². The van der Waals surface area contributed by atoms with Gasteiger partial charge in [-0.15, -0.1) is 0 Å². The van der Waals surface area contributed by atoms with Gasteiger partial charge in [-0.1, -0.05) is 51.1 Å². The summed E-state index contributed by atoms with van der Waals surface area (Å²) in [5, 5.41) is 9.56. The smallest absolute Gasteiger partial charge is 0.416 e. The Bertz CT molecular complexity index is 535. The lowest BCUT2D eigenvalue weighted by atomic mass is 9.80. The number of aliphatic hydroxyl groups excluding tert-OH is 1. The van der Waals surface area contributed by atoms with Gasteiger partial charge in [-0.25, -0.2) is 9.69 Å². The zero-order valence-corrected chi connectivity index (χ0v) is 13.3. The Labute approximate surface area is 130 Å². The van der Waals surface area contributed by atoms with Crippen LogP contribution in [-0.4, -0.2) is 41.3 Å². The molecule has 1 aromatic rings. The highest BCUT2D eigenvalue weighted by atomic mass is 16.6. The summed E-state index contributed by atoms with van der Waals surface area (Å²) in [7, 11) is 0. The molecule has 0 radical (unpaired) electrons. The van der Waals surface area contributed by atoms with Crippen molar-refractivity contribution in [3.05, 3.63) is 35.9 Å². The summed E-state index contributed by atoms with van der Waals surface area (Å²) in [5.74, 6) is -0.991. The predicted molar refractivity (Wildman–Crippen MR) is 82.2 cm³/mol. The number of nitrogens with zero attached hydrogens (tertiary/aromatic N) is 1. The Morgan fingerprint density at radius 2 is 2.00 bits per heavy atom. The summed E-state index contributed by atoms with van der Waals surface area (Å²) in [6.07, 6.45) is -0.0608. The Morgan fingerprint density at radius 1 is 1.36 bits per heavy atom. The van der Waals surface area contributed by atoms with Crippen LogP contribution in [-0.2, 0) is 16.0 Å². The van der Waals surface area contributed by atoms with Crippen molar-refractivity contribution in [3.63, 3.8) is 0 Å². The van der Waals surface area contributed by atoms with Crippen LogP contribution in [0.25, 0.3) is 0 Å². The molecule has 120 valence electrons. The van der Waals surface area contributed by atoms with Crippen molar-refractivity contribution < 1.29 is 19.4 Å². The molecule has 0 spiro atoms. The maximum Gasteiger partial charge on any atom is 0.416 e. The largest absolute Gasteiger partial charge is 0.447 e. The van der Waals surface area contributed by atoms with Crippen LogP contribution in [0.2, 0.25) is 0 Å². The number of carbonyl (C=O) groups excluding carboxylic acids is 2. The molecule has 1 aromatic carbocycles. The molecule has 1 saturated heterocycles. The normalized spacial score (nSPS) is 19.9. The summed E-state index contributed by atoms with van der Waals surface area (Å²) in [4.78, 5) is 25.8. The minimum atomic E-state index is -0.628. The van der Waals surface area contributed by atoms with Gasteiger partial charge in [-0.05, 0) is 17.4 Å². The lowest BCUT2D eigenvalue weighted by Crippen LogP contribution is -2.47. The molecule has 2 atom stereocenters. The zero-order valence-electron chi connectivity index (χ0n) is 13.3. The number of hydrogen-bond acceptors (Lipinski definition) is 4. The third-order valence-corrected chi connectivity index (χ3v) is 4.04. The SMILES string of the molecule is CC(C)(C)[C@H](CO)C(=O)N1C(=O)OC[C@@H]1Cc1ccccc1. The van der Waals surface area contributed by atoms with Crippen molar-refractivity contribution >= 4 is 12.0 Å². The fraction of sp³-hybridized carbons (Fsp3) is 0.529. The van der Waals surface area contributed by atoms with Gasteiger partial charge in [0.25, 0.3) is 0 Å². The molecule has 0 aromatic heterocycles. The van der Waals surface area contributed by atoms with E-state index in [1.807, 2.05) is 51.1 Å². The van der Waals surface area contributed by atoms with E-state index < -0.39 is 17.4 Å². The van der Waals surface area contributed by atoms with E-state index in [0.717, 1.165) is 5.56 Å². The maximum atomic E-state index is 12.7. The average molecular weight is 305 g/mol. The van der Waals surface area contributed by atoms with Crippen molar-refractivity contribution in [2.24, 2.45) is 11.3 Å². The highest BCUT2D eigenvalue weighted by Crippen LogP contribution is 2.30. The number of amides is 2. The molecule has 22 heavy (non-hydrogen) atoms. The molecule has 5 nitrogen and oxygen atoms in total. The second-order valence-corrected chi connectivity index (χ2v) is 6.73. The van der Waals surface area contributed by atoms with Crippen LogP contribution >= 0.6 is 0 Å². The number of cyclic esters (lactones) is 1. The highest BCUT2D eigenvalue weighted by molar-refractivity contribution is 5.95. The first-order valence-corrected chi connectivity index (χ1v) is 7.49. The van der Waals surface area contributed by atoms with Gasteiger partial charge < -0.3 is 9.84 Å². The van der Waals surface area contributed by atoms with Gasteiger partial charge in [0.05, 0.1) is 18.6 Å². The number of imide groups is 1. The minimum Gasteiger partial charge on any atom is -0.447 e. The Kier molecular flexibility index (Phi) is 4.86. The lowest BCUT2D eigenvalue weighted by molar-refractivity contribution is -0.138. The van der Waals surface area contributed by atoms with E-state index in [1.54, 1.807) is 0 Å². The van der Waals surface area contributed by atoms with Crippen LogP contribution in [0, 0.1) is 11.3 Å². The molecule has 1 heterocycles. The summed E-state index contributed by atoms with van der Waals surface area (Å²) < 4.78 is 5.06. The standard InChI is InChI=1S/C17H23NO4/c1-17(2,3)14(10-19)15(20)18-13(11-22-16(18)21)9-12-7-5-4-6-8-12/h4-8,13-14,19H,9-11H2,1-3H3/t13-,14+/m0/s1. The lowest BCUT2D eigenvalue weighted by Gasteiger charge is -2.31. The molecule has 1 N–H and O–H groups in total. The molecule has 0 aliphatic carbocycles. The molecule has 1 aliphatic rings. The molecule has 0 bridgehead atoms. The average Bonchev–Trinajstić information content (AvgIpc) is 2.80. The zero-order chi connectivity index (χ0) is 16.3. The number of hydrogen-bond donors (Lipinski definition) is 1. The third-order valence-electron chi connectivity index (χ3n) is 4.04. The summed E-state index contributed by atoms with van der Waals surface area (Å²) in [6.45, 7) is 5.53. The molecule has 2 amide bonds. The fourth-order valence-corrected chi connectivity index (χ4v) is 2.66. The second-order valence-electron chi connectivity index (χ2n) is 6.73. The van der Waals surface area contributed by atoms with Crippen molar-refractivity contribution in [2.45, 2.75) is 33.2 Å².